The van der Waals surface area contributed by atoms with E-state index in [0.717, 1.165) is 5.56 Å². The van der Waals surface area contributed by atoms with Crippen LogP contribution in [0.5, 0.6) is 5.75 Å². The predicted molar refractivity (Wildman–Crippen MR) is 127 cm³/mol. The lowest BCUT2D eigenvalue weighted by molar-refractivity contribution is -0.137. The molecule has 7 heteroatoms. The highest BCUT2D eigenvalue weighted by molar-refractivity contribution is 6.37. The molecule has 1 aliphatic rings. The van der Waals surface area contributed by atoms with Crippen molar-refractivity contribution >= 4 is 46.3 Å². The van der Waals surface area contributed by atoms with Crippen LogP contribution in [0.4, 0.5) is 5.69 Å². The van der Waals surface area contributed by atoms with Gasteiger partial charge in [-0.05, 0) is 53.9 Å². The zero-order valence-corrected chi connectivity index (χ0v) is 19.0. The van der Waals surface area contributed by atoms with Crippen LogP contribution < -0.4 is 10.1 Å². The molecule has 4 rings (SSSR count). The first-order valence-electron chi connectivity index (χ1n) is 9.90. The van der Waals surface area contributed by atoms with E-state index in [2.05, 4.69) is 5.32 Å². The molecule has 1 aliphatic heterocycles. The number of halogens is 2. The van der Waals surface area contributed by atoms with Gasteiger partial charge in [0.1, 0.15) is 11.4 Å². The highest BCUT2D eigenvalue weighted by Gasteiger charge is 2.39. The first-order chi connectivity index (χ1) is 15.4. The lowest BCUT2D eigenvalue weighted by Crippen LogP contribution is -2.32. The number of nitrogens with zero attached hydrogens (tertiary/aromatic N) is 1. The van der Waals surface area contributed by atoms with Gasteiger partial charge in [-0.25, -0.2) is 0 Å². The van der Waals surface area contributed by atoms with Crippen molar-refractivity contribution in [2.45, 2.75) is 13.5 Å². The summed E-state index contributed by atoms with van der Waals surface area (Å²) in [5, 5.41) is 4.18. The largest absolute Gasteiger partial charge is 0.495 e. The molecule has 0 atom stereocenters. The number of carbonyl (C=O) groups is 2. The lowest BCUT2D eigenvalue weighted by Gasteiger charge is -2.17. The van der Waals surface area contributed by atoms with Crippen molar-refractivity contribution in [3.8, 4) is 5.75 Å². The maximum Gasteiger partial charge on any atom is 0.278 e. The Labute approximate surface area is 196 Å². The fraction of sp³-hybridized carbons (Fsp3) is 0.120. The van der Waals surface area contributed by atoms with Crippen molar-refractivity contribution in [3.63, 3.8) is 0 Å². The van der Waals surface area contributed by atoms with Crippen molar-refractivity contribution in [2.75, 3.05) is 12.4 Å². The highest BCUT2D eigenvalue weighted by atomic mass is 35.5. The maximum atomic E-state index is 13.4. The van der Waals surface area contributed by atoms with E-state index in [1.807, 2.05) is 31.2 Å². The molecule has 0 aliphatic carbocycles. The molecule has 1 heterocycles. The van der Waals surface area contributed by atoms with Gasteiger partial charge in [-0.3, -0.25) is 14.5 Å². The van der Waals surface area contributed by atoms with Crippen LogP contribution in [0.1, 0.15) is 16.7 Å². The number of aryl methyl sites for hydroxylation is 1. The summed E-state index contributed by atoms with van der Waals surface area (Å²) in [5.41, 5.74) is 3.28. The number of methoxy groups -OCH3 is 1. The Morgan fingerprint density at radius 1 is 0.938 bits per heavy atom. The predicted octanol–water partition coefficient (Wildman–Crippen LogP) is 5.70. The van der Waals surface area contributed by atoms with E-state index in [0.29, 0.717) is 32.6 Å². The molecule has 3 aromatic rings. The number of hydrogen-bond donors (Lipinski definition) is 1. The van der Waals surface area contributed by atoms with Crippen molar-refractivity contribution < 1.29 is 14.3 Å². The number of carbonyl (C=O) groups excluding carboxylic acids is 2. The van der Waals surface area contributed by atoms with Crippen LogP contribution in [0, 0.1) is 6.92 Å². The number of amides is 2. The molecule has 2 amide bonds. The topological polar surface area (TPSA) is 58.6 Å². The quantitative estimate of drug-likeness (QED) is 0.473. The molecule has 0 fully saturated rings. The molecule has 3 aromatic carbocycles. The summed E-state index contributed by atoms with van der Waals surface area (Å²) in [6.07, 6.45) is 0. The van der Waals surface area contributed by atoms with Gasteiger partial charge in [0.05, 0.1) is 24.9 Å². The number of nitrogens with one attached hydrogen (secondary N) is 1. The highest BCUT2D eigenvalue weighted by Crippen LogP contribution is 2.35. The van der Waals surface area contributed by atoms with E-state index in [4.69, 9.17) is 27.9 Å². The van der Waals surface area contributed by atoms with E-state index in [-0.39, 0.29) is 17.8 Å². The zero-order chi connectivity index (χ0) is 22.8. The molecular weight excluding hydrogens is 447 g/mol. The number of imide groups is 1. The van der Waals surface area contributed by atoms with Crippen LogP contribution in [0.25, 0.3) is 5.57 Å². The van der Waals surface area contributed by atoms with Crippen molar-refractivity contribution in [1.29, 1.82) is 0 Å². The van der Waals surface area contributed by atoms with Gasteiger partial charge in [-0.1, -0.05) is 59.6 Å². The average molecular weight is 467 g/mol. The molecule has 162 valence electrons. The van der Waals surface area contributed by atoms with E-state index in [9.17, 15) is 9.59 Å². The fourth-order valence-electron chi connectivity index (χ4n) is 3.57. The molecule has 0 unspecified atom stereocenters. The van der Waals surface area contributed by atoms with E-state index < -0.39 is 11.8 Å². The second kappa shape index (κ2) is 9.07. The Hall–Kier alpha value is -3.28. The van der Waals surface area contributed by atoms with Gasteiger partial charge in [0.25, 0.3) is 11.8 Å². The van der Waals surface area contributed by atoms with Crippen molar-refractivity contribution in [3.05, 3.63) is 99.2 Å². The Balaban J connectivity index is 1.79. The zero-order valence-electron chi connectivity index (χ0n) is 17.5. The van der Waals surface area contributed by atoms with Crippen LogP contribution in [0.2, 0.25) is 10.0 Å². The van der Waals surface area contributed by atoms with Crippen LogP contribution in [-0.4, -0.2) is 23.8 Å². The van der Waals surface area contributed by atoms with Gasteiger partial charge in [-0.2, -0.15) is 0 Å². The molecule has 0 spiro atoms. The fourth-order valence-corrected chi connectivity index (χ4v) is 3.89. The van der Waals surface area contributed by atoms with Crippen LogP contribution in [0.15, 0.2) is 72.4 Å². The molecule has 1 N–H and O–H groups in total. The monoisotopic (exact) mass is 466 g/mol. The van der Waals surface area contributed by atoms with E-state index >= 15 is 0 Å². The minimum Gasteiger partial charge on any atom is -0.495 e. The molecule has 0 saturated carbocycles. The summed E-state index contributed by atoms with van der Waals surface area (Å²) >= 11 is 12.3. The molecule has 0 aromatic heterocycles. The van der Waals surface area contributed by atoms with Crippen molar-refractivity contribution in [2.24, 2.45) is 0 Å². The van der Waals surface area contributed by atoms with E-state index in [1.165, 1.54) is 4.90 Å². The summed E-state index contributed by atoms with van der Waals surface area (Å²) in [7, 11) is 1.55. The first kappa shape index (κ1) is 21.9. The second-order valence-corrected chi connectivity index (χ2v) is 8.22. The number of anilines is 1. The summed E-state index contributed by atoms with van der Waals surface area (Å²) < 4.78 is 5.44. The summed E-state index contributed by atoms with van der Waals surface area (Å²) in [6.45, 7) is 2.00. The Morgan fingerprint density at radius 2 is 1.66 bits per heavy atom. The minimum atomic E-state index is -0.441. The SMILES string of the molecule is COc1ccc(C)cc1NC1=C(c2ccc(Cl)cc2)C(=O)N(Cc2ccccc2Cl)C1=O. The smallest absolute Gasteiger partial charge is 0.278 e. The average Bonchev–Trinajstić information content (AvgIpc) is 3.00. The third-order valence-electron chi connectivity index (χ3n) is 5.20. The maximum absolute atomic E-state index is 13.4. The Kier molecular flexibility index (Phi) is 6.21. The summed E-state index contributed by atoms with van der Waals surface area (Å²) in [4.78, 5) is 28.1. The van der Waals surface area contributed by atoms with Gasteiger partial charge in [-0.15, -0.1) is 0 Å². The number of ether oxygens (including phenoxy) is 1. The normalized spacial score (nSPS) is 13.7. The van der Waals surface area contributed by atoms with Crippen molar-refractivity contribution in [1.82, 2.24) is 4.90 Å². The number of hydrogen-bond acceptors (Lipinski definition) is 4. The van der Waals surface area contributed by atoms with Crippen LogP contribution in [0.3, 0.4) is 0 Å². The minimum absolute atomic E-state index is 0.0601. The summed E-state index contributed by atoms with van der Waals surface area (Å²) in [5.74, 6) is -0.293. The number of benzene rings is 3. The molecule has 0 radical (unpaired) electrons. The van der Waals surface area contributed by atoms with Gasteiger partial charge in [0, 0.05) is 10.0 Å². The van der Waals surface area contributed by atoms with Crippen LogP contribution >= 0.6 is 23.2 Å². The molecule has 5 nitrogen and oxygen atoms in total. The third-order valence-corrected chi connectivity index (χ3v) is 5.82. The Bertz CT molecular complexity index is 1240. The number of rotatable bonds is 6. The van der Waals surface area contributed by atoms with Crippen LogP contribution in [-0.2, 0) is 16.1 Å². The third kappa shape index (κ3) is 4.22. The Morgan fingerprint density at radius 3 is 2.34 bits per heavy atom. The molecule has 0 saturated heterocycles. The standard InChI is InChI=1S/C25H20Cl2N2O3/c1-15-7-12-21(32-2)20(13-15)28-23-22(16-8-10-18(26)11-9-16)24(30)29(25(23)31)14-17-5-3-4-6-19(17)27/h3-13,28H,14H2,1-2H3. The first-order valence-corrected chi connectivity index (χ1v) is 10.7. The van der Waals surface area contributed by atoms with E-state index in [1.54, 1.807) is 49.6 Å². The molecular formula is C25H20Cl2N2O3. The van der Waals surface area contributed by atoms with Gasteiger partial charge in [0.2, 0.25) is 0 Å². The van der Waals surface area contributed by atoms with Gasteiger partial charge < -0.3 is 10.1 Å². The van der Waals surface area contributed by atoms with Gasteiger partial charge >= 0.3 is 0 Å². The van der Waals surface area contributed by atoms with Gasteiger partial charge in [0.15, 0.2) is 0 Å². The summed E-state index contributed by atoms with van der Waals surface area (Å²) in [6, 6.07) is 19.5. The molecule has 32 heavy (non-hydrogen) atoms. The second-order valence-electron chi connectivity index (χ2n) is 7.37. The lowest BCUT2D eigenvalue weighted by atomic mass is 10.0. The molecule has 0 bridgehead atoms.